The minimum absolute atomic E-state index is 0.0127. The van der Waals surface area contributed by atoms with E-state index in [1.807, 2.05) is 0 Å². The Morgan fingerprint density at radius 3 is 2.37 bits per heavy atom. The Kier molecular flexibility index (Phi) is 7.42. The number of hydrogen-bond acceptors (Lipinski definition) is 3. The van der Waals surface area contributed by atoms with E-state index in [2.05, 4.69) is 64.8 Å². The Balaban J connectivity index is 1.29. The van der Waals surface area contributed by atoms with Gasteiger partial charge in [-0.3, -0.25) is 4.79 Å². The van der Waals surface area contributed by atoms with Crippen molar-refractivity contribution >= 4 is 5.91 Å². The standard InChI is InChI=1S/C37H62N2O2/c1-32(2)17-19-37(31(41)38-21-10-24-39-22-8-9-23-39)20-18-35(6)26(27(37)25-32)11-12-29-34(5)15-14-30(40)33(3,4)28(34)13-16-36(29,35)7/h11,27-30,40H,8-10,12-25H2,1-7H3,(H,38,41)/t27-,28-,29+,30-,34-,35+,36+,37-/m0/s1. The summed E-state index contributed by atoms with van der Waals surface area (Å²) in [5.41, 5.74) is 2.39. The van der Waals surface area contributed by atoms with Crippen LogP contribution in [0.1, 0.15) is 132 Å². The van der Waals surface area contributed by atoms with E-state index < -0.39 is 0 Å². The SMILES string of the molecule is CC1(C)CC[C@]2(C(=O)NCCCN3CCCC3)CC[C@]3(C)C(=CC[C@@H]4[C@@]5(C)CC[C@H](O)C(C)(C)[C@@H]5CC[C@]43C)[C@@H]2C1. The lowest BCUT2D eigenvalue weighted by Gasteiger charge is -2.71. The van der Waals surface area contributed by atoms with E-state index in [0.29, 0.717) is 23.7 Å². The number of nitrogens with one attached hydrogen (secondary N) is 1. The van der Waals surface area contributed by atoms with Crippen molar-refractivity contribution < 1.29 is 9.90 Å². The molecule has 0 unspecified atom stereocenters. The minimum Gasteiger partial charge on any atom is -0.393 e. The van der Waals surface area contributed by atoms with Gasteiger partial charge in [0.1, 0.15) is 0 Å². The third kappa shape index (κ3) is 4.45. The highest BCUT2D eigenvalue weighted by Crippen LogP contribution is 2.75. The van der Waals surface area contributed by atoms with Crippen molar-refractivity contribution in [2.75, 3.05) is 26.2 Å². The van der Waals surface area contributed by atoms with Gasteiger partial charge in [-0.05, 0) is 148 Å². The van der Waals surface area contributed by atoms with E-state index in [9.17, 15) is 9.90 Å². The zero-order valence-electron chi connectivity index (χ0n) is 27.7. The number of fused-ring (bicyclic) bond motifs is 7. The van der Waals surface area contributed by atoms with E-state index in [-0.39, 0.29) is 38.6 Å². The average Bonchev–Trinajstić information content (AvgIpc) is 3.43. The van der Waals surface area contributed by atoms with Gasteiger partial charge in [0.2, 0.25) is 5.91 Å². The maximum Gasteiger partial charge on any atom is 0.226 e. The average molecular weight is 567 g/mol. The van der Waals surface area contributed by atoms with Crippen LogP contribution >= 0.6 is 0 Å². The Morgan fingerprint density at radius 2 is 1.63 bits per heavy atom. The predicted octanol–water partition coefficient (Wildman–Crippen LogP) is 7.75. The quantitative estimate of drug-likeness (QED) is 0.264. The molecule has 6 aliphatic rings. The number of carbonyl (C=O) groups excluding carboxylic acids is 1. The summed E-state index contributed by atoms with van der Waals surface area (Å²) >= 11 is 0. The van der Waals surface area contributed by atoms with E-state index in [1.165, 1.54) is 38.8 Å². The lowest BCUT2D eigenvalue weighted by Crippen LogP contribution is -2.65. The van der Waals surface area contributed by atoms with Crippen LogP contribution in [0.4, 0.5) is 0 Å². The molecule has 0 aromatic rings. The normalized spacial score (nSPS) is 46.9. The summed E-state index contributed by atoms with van der Waals surface area (Å²) in [7, 11) is 0. The number of carbonyl (C=O) groups is 1. The van der Waals surface area contributed by atoms with Gasteiger partial charge >= 0.3 is 0 Å². The molecular formula is C37H62N2O2. The van der Waals surface area contributed by atoms with Gasteiger partial charge in [-0.15, -0.1) is 0 Å². The number of rotatable bonds is 5. The van der Waals surface area contributed by atoms with Gasteiger partial charge in [0, 0.05) is 6.54 Å². The Morgan fingerprint density at radius 1 is 0.927 bits per heavy atom. The van der Waals surface area contributed by atoms with Crippen molar-refractivity contribution in [2.45, 2.75) is 138 Å². The largest absolute Gasteiger partial charge is 0.393 e. The van der Waals surface area contributed by atoms with Crippen molar-refractivity contribution in [1.29, 1.82) is 0 Å². The molecule has 5 fully saturated rings. The third-order valence-electron chi connectivity index (χ3n) is 15.2. The van der Waals surface area contributed by atoms with Crippen molar-refractivity contribution in [3.05, 3.63) is 11.6 Å². The van der Waals surface area contributed by atoms with Gasteiger partial charge < -0.3 is 15.3 Å². The highest BCUT2D eigenvalue weighted by atomic mass is 16.3. The molecule has 6 rings (SSSR count). The summed E-state index contributed by atoms with van der Waals surface area (Å²) in [6.07, 6.45) is 17.5. The zero-order chi connectivity index (χ0) is 29.5. The number of nitrogens with zero attached hydrogens (tertiary/aromatic N) is 1. The second kappa shape index (κ2) is 10.1. The van der Waals surface area contributed by atoms with Gasteiger partial charge in [-0.1, -0.05) is 60.1 Å². The maximum absolute atomic E-state index is 14.3. The second-order valence-corrected chi connectivity index (χ2v) is 17.9. The van der Waals surface area contributed by atoms with Crippen LogP contribution in [0.15, 0.2) is 11.6 Å². The van der Waals surface area contributed by atoms with Crippen LogP contribution in [-0.4, -0.2) is 48.2 Å². The van der Waals surface area contributed by atoms with E-state index in [0.717, 1.165) is 70.9 Å². The topological polar surface area (TPSA) is 52.6 Å². The summed E-state index contributed by atoms with van der Waals surface area (Å²) in [6, 6.07) is 0. The first kappa shape index (κ1) is 30.2. The molecule has 4 heteroatoms. The monoisotopic (exact) mass is 566 g/mol. The molecule has 1 amide bonds. The minimum atomic E-state index is -0.226. The number of likely N-dealkylation sites (tertiary alicyclic amines) is 1. The fourth-order valence-corrected chi connectivity index (χ4v) is 12.3. The molecule has 4 saturated carbocycles. The van der Waals surface area contributed by atoms with Gasteiger partial charge in [-0.2, -0.15) is 0 Å². The summed E-state index contributed by atoms with van der Waals surface area (Å²) in [5.74, 6) is 1.97. The van der Waals surface area contributed by atoms with Gasteiger partial charge in [0.25, 0.3) is 0 Å². The number of aliphatic hydroxyl groups excluding tert-OH is 1. The number of allylic oxidation sites excluding steroid dienone is 2. The number of aliphatic hydroxyl groups is 1. The lowest BCUT2D eigenvalue weighted by atomic mass is 9.33. The number of hydrogen-bond donors (Lipinski definition) is 2. The highest BCUT2D eigenvalue weighted by Gasteiger charge is 2.69. The number of amides is 1. The molecule has 1 saturated heterocycles. The smallest absolute Gasteiger partial charge is 0.226 e. The molecule has 41 heavy (non-hydrogen) atoms. The fourth-order valence-electron chi connectivity index (χ4n) is 12.3. The molecule has 5 aliphatic carbocycles. The van der Waals surface area contributed by atoms with Crippen LogP contribution in [0, 0.1) is 50.2 Å². The summed E-state index contributed by atoms with van der Waals surface area (Å²) < 4.78 is 0. The fraction of sp³-hybridized carbons (Fsp3) is 0.919. The third-order valence-corrected chi connectivity index (χ3v) is 15.2. The first-order valence-electron chi connectivity index (χ1n) is 17.6. The zero-order valence-corrected chi connectivity index (χ0v) is 27.7. The molecule has 0 aromatic heterocycles. The molecule has 8 atom stereocenters. The summed E-state index contributed by atoms with van der Waals surface area (Å²) in [5, 5.41) is 14.5. The van der Waals surface area contributed by atoms with Crippen LogP contribution in [0.5, 0.6) is 0 Å². The molecular weight excluding hydrogens is 504 g/mol. The van der Waals surface area contributed by atoms with Crippen molar-refractivity contribution in [3.8, 4) is 0 Å². The first-order chi connectivity index (χ1) is 19.2. The van der Waals surface area contributed by atoms with E-state index in [4.69, 9.17) is 0 Å². The molecule has 2 N–H and O–H groups in total. The van der Waals surface area contributed by atoms with Crippen LogP contribution in [0.2, 0.25) is 0 Å². The van der Waals surface area contributed by atoms with Crippen molar-refractivity contribution in [2.24, 2.45) is 50.2 Å². The van der Waals surface area contributed by atoms with Gasteiger partial charge in [0.05, 0.1) is 11.5 Å². The summed E-state index contributed by atoms with van der Waals surface area (Å²) in [6.45, 7) is 21.9. The first-order valence-corrected chi connectivity index (χ1v) is 17.6. The van der Waals surface area contributed by atoms with Crippen LogP contribution in [0.25, 0.3) is 0 Å². The van der Waals surface area contributed by atoms with Crippen LogP contribution in [0.3, 0.4) is 0 Å². The van der Waals surface area contributed by atoms with Crippen LogP contribution in [-0.2, 0) is 4.79 Å². The second-order valence-electron chi connectivity index (χ2n) is 17.9. The van der Waals surface area contributed by atoms with Crippen LogP contribution < -0.4 is 5.32 Å². The Labute approximate surface area is 251 Å². The highest BCUT2D eigenvalue weighted by molar-refractivity contribution is 5.84. The maximum atomic E-state index is 14.3. The molecule has 232 valence electrons. The molecule has 0 spiro atoms. The molecule has 0 radical (unpaired) electrons. The van der Waals surface area contributed by atoms with Crippen molar-refractivity contribution in [3.63, 3.8) is 0 Å². The molecule has 1 heterocycles. The van der Waals surface area contributed by atoms with E-state index in [1.54, 1.807) is 5.57 Å². The molecule has 4 nitrogen and oxygen atoms in total. The summed E-state index contributed by atoms with van der Waals surface area (Å²) in [4.78, 5) is 16.8. The van der Waals surface area contributed by atoms with Crippen molar-refractivity contribution in [1.82, 2.24) is 10.2 Å². The molecule has 1 aliphatic heterocycles. The Bertz CT molecular complexity index is 1060. The predicted molar refractivity (Wildman–Crippen MR) is 168 cm³/mol. The molecule has 0 aromatic carbocycles. The van der Waals surface area contributed by atoms with Gasteiger partial charge in [0.15, 0.2) is 0 Å². The lowest BCUT2D eigenvalue weighted by molar-refractivity contribution is -0.203. The molecule has 0 bridgehead atoms. The van der Waals surface area contributed by atoms with E-state index >= 15 is 0 Å². The Hall–Kier alpha value is -0.870. The van der Waals surface area contributed by atoms with Gasteiger partial charge in [-0.25, -0.2) is 0 Å².